The molecule has 0 saturated heterocycles. The molecule has 1 unspecified atom stereocenters. The van der Waals surface area contributed by atoms with Crippen molar-refractivity contribution < 1.29 is 0 Å². The van der Waals surface area contributed by atoms with Crippen LogP contribution in [0, 0.1) is 12.8 Å². The van der Waals surface area contributed by atoms with Crippen LogP contribution in [0.3, 0.4) is 0 Å². The summed E-state index contributed by atoms with van der Waals surface area (Å²) in [5.74, 6) is 0.780. The van der Waals surface area contributed by atoms with Gasteiger partial charge in [-0.25, -0.2) is 0 Å². The first kappa shape index (κ1) is 13.1. The summed E-state index contributed by atoms with van der Waals surface area (Å²) in [6.45, 7) is 2.23. The predicted octanol–water partition coefficient (Wildman–Crippen LogP) is 3.18. The van der Waals surface area contributed by atoms with Gasteiger partial charge in [-0.15, -0.1) is 11.3 Å². The van der Waals surface area contributed by atoms with Crippen LogP contribution in [-0.4, -0.2) is 25.0 Å². The van der Waals surface area contributed by atoms with Crippen molar-refractivity contribution in [2.45, 2.75) is 44.7 Å². The molecule has 1 atom stereocenters. The van der Waals surface area contributed by atoms with Crippen molar-refractivity contribution in [3.8, 4) is 0 Å². The number of nitrogens with two attached hydrogens (primary N) is 1. The molecule has 0 spiro atoms. The second-order valence-corrected chi connectivity index (χ2v) is 6.50. The van der Waals surface area contributed by atoms with Gasteiger partial charge in [-0.2, -0.15) is 0 Å². The molecule has 0 aromatic carbocycles. The molecule has 1 heterocycles. The van der Waals surface area contributed by atoms with Crippen LogP contribution in [0.15, 0.2) is 11.4 Å². The van der Waals surface area contributed by atoms with E-state index in [2.05, 4.69) is 37.4 Å². The molecule has 1 aliphatic rings. The summed E-state index contributed by atoms with van der Waals surface area (Å²) in [5.41, 5.74) is 7.46. The van der Waals surface area contributed by atoms with Gasteiger partial charge >= 0.3 is 0 Å². The minimum Gasteiger partial charge on any atom is -0.328 e. The van der Waals surface area contributed by atoms with Crippen LogP contribution in [0.1, 0.15) is 42.2 Å². The van der Waals surface area contributed by atoms with E-state index in [9.17, 15) is 0 Å². The van der Waals surface area contributed by atoms with E-state index >= 15 is 0 Å². The fourth-order valence-corrected chi connectivity index (χ4v) is 4.23. The Morgan fingerprint density at radius 3 is 2.41 bits per heavy atom. The first-order valence-electron chi connectivity index (χ1n) is 6.55. The summed E-state index contributed by atoms with van der Waals surface area (Å²) < 4.78 is 0. The Balaban J connectivity index is 2.16. The second kappa shape index (κ2) is 5.51. The minimum atomic E-state index is 0.443. The number of aryl methyl sites for hydroxylation is 1. The fraction of sp³-hybridized carbons (Fsp3) is 0.714. The number of thiophene rings is 1. The monoisotopic (exact) mass is 252 g/mol. The van der Waals surface area contributed by atoms with Crippen LogP contribution in [-0.2, 0) is 0 Å². The lowest BCUT2D eigenvalue weighted by molar-refractivity contribution is 0.166. The average Bonchev–Trinajstić information content (AvgIpc) is 2.68. The summed E-state index contributed by atoms with van der Waals surface area (Å²) in [6, 6.07) is 3.27. The molecular formula is C14H24N2S. The summed E-state index contributed by atoms with van der Waals surface area (Å²) in [4.78, 5) is 3.94. The van der Waals surface area contributed by atoms with Crippen molar-refractivity contribution in [1.82, 2.24) is 4.90 Å². The van der Waals surface area contributed by atoms with E-state index in [1.54, 1.807) is 4.88 Å². The smallest absolute Gasteiger partial charge is 0.0466 e. The zero-order chi connectivity index (χ0) is 12.4. The van der Waals surface area contributed by atoms with Crippen LogP contribution >= 0.6 is 11.3 Å². The fourth-order valence-electron chi connectivity index (χ4n) is 3.02. The van der Waals surface area contributed by atoms with Crippen molar-refractivity contribution in [3.05, 3.63) is 21.9 Å². The van der Waals surface area contributed by atoms with Gasteiger partial charge in [-0.1, -0.05) is 0 Å². The molecule has 96 valence electrons. The quantitative estimate of drug-likeness (QED) is 0.895. The molecule has 1 fully saturated rings. The van der Waals surface area contributed by atoms with Gasteiger partial charge < -0.3 is 10.6 Å². The topological polar surface area (TPSA) is 29.3 Å². The molecule has 2 N–H and O–H groups in total. The average molecular weight is 252 g/mol. The summed E-state index contributed by atoms with van der Waals surface area (Å²) in [6.07, 6.45) is 4.95. The number of nitrogens with zero attached hydrogens (tertiary/aromatic N) is 1. The third-order valence-electron chi connectivity index (χ3n) is 3.99. The first-order chi connectivity index (χ1) is 8.09. The van der Waals surface area contributed by atoms with Crippen molar-refractivity contribution in [2.24, 2.45) is 11.7 Å². The number of rotatable bonds is 3. The summed E-state index contributed by atoms with van der Waals surface area (Å²) >= 11 is 1.91. The molecule has 1 aliphatic carbocycles. The van der Waals surface area contributed by atoms with Gasteiger partial charge in [0.1, 0.15) is 0 Å². The van der Waals surface area contributed by atoms with Crippen molar-refractivity contribution in [3.63, 3.8) is 0 Å². The van der Waals surface area contributed by atoms with E-state index in [0.29, 0.717) is 12.1 Å². The number of hydrogen-bond donors (Lipinski definition) is 1. The van der Waals surface area contributed by atoms with E-state index in [-0.39, 0.29) is 0 Å². The third kappa shape index (κ3) is 2.90. The molecule has 1 saturated carbocycles. The standard InChI is InChI=1S/C14H24N2S/c1-10-8-9-17-14(10)13(16(2)3)11-4-6-12(15)7-5-11/h8-9,11-13H,4-7,15H2,1-3H3. The molecule has 0 amide bonds. The first-order valence-corrected chi connectivity index (χ1v) is 7.43. The van der Waals surface area contributed by atoms with Crippen molar-refractivity contribution in [1.29, 1.82) is 0 Å². The maximum absolute atomic E-state index is 6.01. The maximum Gasteiger partial charge on any atom is 0.0466 e. The van der Waals surface area contributed by atoms with Gasteiger partial charge in [0.25, 0.3) is 0 Å². The molecule has 3 heteroatoms. The molecule has 2 rings (SSSR count). The lowest BCUT2D eigenvalue weighted by atomic mass is 9.80. The van der Waals surface area contributed by atoms with Crippen LogP contribution in [0.25, 0.3) is 0 Å². The molecule has 1 aromatic rings. The number of hydrogen-bond acceptors (Lipinski definition) is 3. The molecule has 0 bridgehead atoms. The van der Waals surface area contributed by atoms with E-state index in [0.717, 1.165) is 5.92 Å². The summed E-state index contributed by atoms with van der Waals surface area (Å²) in [5, 5.41) is 2.22. The Bertz CT molecular complexity index is 351. The highest BCUT2D eigenvalue weighted by atomic mass is 32.1. The highest BCUT2D eigenvalue weighted by molar-refractivity contribution is 7.10. The van der Waals surface area contributed by atoms with Crippen LogP contribution in [0.2, 0.25) is 0 Å². The van der Waals surface area contributed by atoms with Gasteiger partial charge in [-0.05, 0) is 69.6 Å². The highest BCUT2D eigenvalue weighted by Crippen LogP contribution is 2.40. The molecule has 17 heavy (non-hydrogen) atoms. The Morgan fingerprint density at radius 1 is 1.29 bits per heavy atom. The predicted molar refractivity (Wildman–Crippen MR) is 75.4 cm³/mol. The molecular weight excluding hydrogens is 228 g/mol. The Kier molecular flexibility index (Phi) is 4.23. The van der Waals surface area contributed by atoms with E-state index < -0.39 is 0 Å². The molecule has 0 aliphatic heterocycles. The maximum atomic E-state index is 6.01. The van der Waals surface area contributed by atoms with Crippen molar-refractivity contribution in [2.75, 3.05) is 14.1 Å². The van der Waals surface area contributed by atoms with E-state index in [1.807, 2.05) is 11.3 Å². The van der Waals surface area contributed by atoms with Crippen LogP contribution in [0.5, 0.6) is 0 Å². The van der Waals surface area contributed by atoms with Crippen molar-refractivity contribution >= 4 is 11.3 Å². The molecule has 1 aromatic heterocycles. The van der Waals surface area contributed by atoms with Crippen LogP contribution < -0.4 is 5.73 Å². The Labute approximate surface area is 109 Å². The van der Waals surface area contributed by atoms with Gasteiger partial charge in [0.2, 0.25) is 0 Å². The normalized spacial score (nSPS) is 27.4. The molecule has 2 nitrogen and oxygen atoms in total. The van der Waals surface area contributed by atoms with Gasteiger partial charge in [0.05, 0.1) is 0 Å². The summed E-state index contributed by atoms with van der Waals surface area (Å²) in [7, 11) is 4.41. The van der Waals surface area contributed by atoms with Gasteiger partial charge in [0, 0.05) is 17.0 Å². The largest absolute Gasteiger partial charge is 0.328 e. The Hall–Kier alpha value is -0.380. The Morgan fingerprint density at radius 2 is 1.94 bits per heavy atom. The minimum absolute atomic E-state index is 0.443. The van der Waals surface area contributed by atoms with Crippen LogP contribution in [0.4, 0.5) is 0 Å². The second-order valence-electron chi connectivity index (χ2n) is 5.55. The third-order valence-corrected chi connectivity index (χ3v) is 5.08. The molecule has 0 radical (unpaired) electrons. The lowest BCUT2D eigenvalue weighted by Gasteiger charge is -2.36. The zero-order valence-electron chi connectivity index (χ0n) is 11.1. The van der Waals surface area contributed by atoms with Gasteiger partial charge in [0.15, 0.2) is 0 Å². The zero-order valence-corrected chi connectivity index (χ0v) is 12.0. The van der Waals surface area contributed by atoms with E-state index in [4.69, 9.17) is 5.73 Å². The SMILES string of the molecule is Cc1ccsc1C(C1CCC(N)CC1)N(C)C. The highest BCUT2D eigenvalue weighted by Gasteiger charge is 2.30. The lowest BCUT2D eigenvalue weighted by Crippen LogP contribution is -2.34. The van der Waals surface area contributed by atoms with Gasteiger partial charge in [-0.3, -0.25) is 0 Å². The van der Waals surface area contributed by atoms with E-state index in [1.165, 1.54) is 31.2 Å².